The maximum Gasteiger partial charge on any atom is 0.234 e. The third-order valence-corrected chi connectivity index (χ3v) is 5.06. The molecule has 1 heterocycles. The van der Waals surface area contributed by atoms with Crippen molar-refractivity contribution in [3.05, 3.63) is 54.4 Å². The smallest absolute Gasteiger partial charge is 0.234 e. The summed E-state index contributed by atoms with van der Waals surface area (Å²) in [4.78, 5) is 12.2. The molecule has 3 rings (SSSR count). The van der Waals surface area contributed by atoms with Crippen molar-refractivity contribution in [3.8, 4) is 17.2 Å². The van der Waals surface area contributed by atoms with Crippen molar-refractivity contribution in [2.24, 2.45) is 7.05 Å². The Bertz CT molecular complexity index is 977. The fraction of sp³-hybridized carbons (Fsp3) is 0.250. The first-order valence-corrected chi connectivity index (χ1v) is 9.80. The van der Waals surface area contributed by atoms with Crippen LogP contribution in [0.3, 0.4) is 0 Å². The second kappa shape index (κ2) is 9.83. The zero-order valence-electron chi connectivity index (χ0n) is 16.4. The van der Waals surface area contributed by atoms with Crippen LogP contribution < -0.4 is 19.5 Å². The molecule has 1 aromatic heterocycles. The van der Waals surface area contributed by atoms with Crippen LogP contribution in [0.4, 0.5) is 5.69 Å². The summed E-state index contributed by atoms with van der Waals surface area (Å²) >= 11 is 1.30. The highest BCUT2D eigenvalue weighted by atomic mass is 32.2. The molecule has 152 valence electrons. The van der Waals surface area contributed by atoms with Crippen LogP contribution in [0.15, 0.2) is 53.7 Å². The number of para-hydroxylation sites is 2. The van der Waals surface area contributed by atoms with Gasteiger partial charge in [-0.15, -0.1) is 10.2 Å². The fourth-order valence-electron chi connectivity index (χ4n) is 2.50. The first-order chi connectivity index (χ1) is 14.1. The number of amides is 1. The lowest BCUT2D eigenvalue weighted by atomic mass is 10.3. The van der Waals surface area contributed by atoms with Gasteiger partial charge in [0.2, 0.25) is 5.91 Å². The third kappa shape index (κ3) is 5.41. The topological polar surface area (TPSA) is 87.5 Å². The summed E-state index contributed by atoms with van der Waals surface area (Å²) in [6.45, 7) is 0.237. The maximum absolute atomic E-state index is 12.2. The molecule has 8 nitrogen and oxygen atoms in total. The highest BCUT2D eigenvalue weighted by molar-refractivity contribution is 7.99. The van der Waals surface area contributed by atoms with Gasteiger partial charge in [0, 0.05) is 18.8 Å². The van der Waals surface area contributed by atoms with Crippen molar-refractivity contribution < 1.29 is 19.0 Å². The van der Waals surface area contributed by atoms with Gasteiger partial charge in [-0.05, 0) is 24.3 Å². The molecule has 0 saturated carbocycles. The van der Waals surface area contributed by atoms with E-state index in [-0.39, 0.29) is 18.3 Å². The third-order valence-electron chi connectivity index (χ3n) is 4.04. The molecule has 0 atom stereocenters. The van der Waals surface area contributed by atoms with E-state index in [1.165, 1.54) is 11.8 Å². The van der Waals surface area contributed by atoms with E-state index in [1.807, 2.05) is 43.4 Å². The van der Waals surface area contributed by atoms with E-state index >= 15 is 0 Å². The average molecular weight is 414 g/mol. The fourth-order valence-corrected chi connectivity index (χ4v) is 3.23. The molecule has 3 aromatic rings. The molecule has 0 saturated heterocycles. The molecule has 0 radical (unpaired) electrons. The molecular weight excluding hydrogens is 392 g/mol. The van der Waals surface area contributed by atoms with Gasteiger partial charge in [0.05, 0.1) is 20.0 Å². The van der Waals surface area contributed by atoms with E-state index in [4.69, 9.17) is 14.2 Å². The van der Waals surface area contributed by atoms with E-state index < -0.39 is 0 Å². The molecule has 0 aliphatic heterocycles. The lowest BCUT2D eigenvalue weighted by Gasteiger charge is -2.10. The summed E-state index contributed by atoms with van der Waals surface area (Å²) in [5, 5.41) is 11.8. The Morgan fingerprint density at radius 1 is 1.07 bits per heavy atom. The van der Waals surface area contributed by atoms with Gasteiger partial charge in [-0.3, -0.25) is 4.79 Å². The number of ether oxygens (including phenoxy) is 3. The number of rotatable bonds is 9. The molecule has 1 N–H and O–H groups in total. The molecule has 9 heteroatoms. The quantitative estimate of drug-likeness (QED) is 0.538. The van der Waals surface area contributed by atoms with Crippen molar-refractivity contribution in [3.63, 3.8) is 0 Å². The summed E-state index contributed by atoms with van der Waals surface area (Å²) < 4.78 is 18.0. The SMILES string of the molecule is COc1cccc(NC(=O)CSc2nnc(COc3ccccc3OC)n2C)c1. The molecule has 0 fully saturated rings. The largest absolute Gasteiger partial charge is 0.497 e. The minimum atomic E-state index is -0.141. The summed E-state index contributed by atoms with van der Waals surface area (Å²) in [6.07, 6.45) is 0. The highest BCUT2D eigenvalue weighted by Gasteiger charge is 2.13. The number of methoxy groups -OCH3 is 2. The predicted molar refractivity (Wildman–Crippen MR) is 111 cm³/mol. The molecule has 1 amide bonds. The lowest BCUT2D eigenvalue weighted by Crippen LogP contribution is -2.14. The first-order valence-electron chi connectivity index (χ1n) is 8.81. The van der Waals surface area contributed by atoms with Crippen LogP contribution in [0.2, 0.25) is 0 Å². The Morgan fingerprint density at radius 3 is 2.62 bits per heavy atom. The van der Waals surface area contributed by atoms with Crippen molar-refractivity contribution in [2.45, 2.75) is 11.8 Å². The van der Waals surface area contributed by atoms with E-state index in [1.54, 1.807) is 30.9 Å². The molecule has 29 heavy (non-hydrogen) atoms. The summed E-state index contributed by atoms with van der Waals surface area (Å²) in [5.41, 5.74) is 0.679. The van der Waals surface area contributed by atoms with Crippen LogP contribution in [-0.2, 0) is 18.4 Å². The summed E-state index contributed by atoms with van der Waals surface area (Å²) in [6, 6.07) is 14.6. The van der Waals surface area contributed by atoms with Crippen molar-refractivity contribution >= 4 is 23.4 Å². The molecule has 2 aromatic carbocycles. The Kier molecular flexibility index (Phi) is 6.96. The Balaban J connectivity index is 1.54. The minimum Gasteiger partial charge on any atom is -0.497 e. The zero-order valence-corrected chi connectivity index (χ0v) is 17.2. The van der Waals surface area contributed by atoms with Gasteiger partial charge in [0.25, 0.3) is 0 Å². The Morgan fingerprint density at radius 2 is 1.86 bits per heavy atom. The lowest BCUT2D eigenvalue weighted by molar-refractivity contribution is -0.113. The van der Waals surface area contributed by atoms with Crippen molar-refractivity contribution in [1.82, 2.24) is 14.8 Å². The van der Waals surface area contributed by atoms with Crippen molar-refractivity contribution in [1.29, 1.82) is 0 Å². The number of aromatic nitrogens is 3. The second-order valence-electron chi connectivity index (χ2n) is 5.97. The zero-order chi connectivity index (χ0) is 20.6. The van der Waals surface area contributed by atoms with Gasteiger partial charge in [0.1, 0.15) is 12.4 Å². The minimum absolute atomic E-state index is 0.141. The van der Waals surface area contributed by atoms with Gasteiger partial charge in [-0.2, -0.15) is 0 Å². The molecule has 0 aliphatic rings. The number of nitrogens with zero attached hydrogens (tertiary/aromatic N) is 3. The predicted octanol–water partition coefficient (Wildman–Crippen LogP) is 3.14. The van der Waals surface area contributed by atoms with Crippen LogP contribution in [0.25, 0.3) is 0 Å². The average Bonchev–Trinajstić information content (AvgIpc) is 3.10. The number of benzene rings is 2. The number of hydrogen-bond acceptors (Lipinski definition) is 7. The number of hydrogen-bond donors (Lipinski definition) is 1. The Hall–Kier alpha value is -3.20. The van der Waals surface area contributed by atoms with Crippen LogP contribution in [0.1, 0.15) is 5.82 Å². The first kappa shape index (κ1) is 20.5. The highest BCUT2D eigenvalue weighted by Crippen LogP contribution is 2.27. The Labute approximate surface area is 173 Å². The molecule has 0 unspecified atom stereocenters. The van der Waals surface area contributed by atoms with Gasteiger partial charge in [0.15, 0.2) is 22.5 Å². The number of nitrogens with one attached hydrogen (secondary N) is 1. The van der Waals surface area contributed by atoms with E-state index in [9.17, 15) is 4.79 Å². The summed E-state index contributed by atoms with van der Waals surface area (Å²) in [7, 11) is 5.01. The maximum atomic E-state index is 12.2. The monoisotopic (exact) mass is 414 g/mol. The standard InChI is InChI=1S/C20H22N4O4S/c1-24-18(12-28-17-10-5-4-9-16(17)27-3)22-23-20(24)29-13-19(25)21-14-7-6-8-15(11-14)26-2/h4-11H,12-13H2,1-3H3,(H,21,25). The number of carbonyl (C=O) groups excluding carboxylic acids is 1. The normalized spacial score (nSPS) is 10.4. The number of thioether (sulfide) groups is 1. The van der Waals surface area contributed by atoms with Crippen LogP contribution in [0, 0.1) is 0 Å². The molecule has 0 bridgehead atoms. The van der Waals surface area contributed by atoms with E-state index in [0.717, 1.165) is 0 Å². The molecule has 0 spiro atoms. The molecule has 0 aliphatic carbocycles. The van der Waals surface area contributed by atoms with Gasteiger partial charge in [-0.1, -0.05) is 30.0 Å². The van der Waals surface area contributed by atoms with Gasteiger partial charge in [-0.25, -0.2) is 0 Å². The summed E-state index contributed by atoms with van der Waals surface area (Å²) in [5.74, 6) is 2.67. The van der Waals surface area contributed by atoms with Crippen molar-refractivity contribution in [2.75, 3.05) is 25.3 Å². The van der Waals surface area contributed by atoms with Crippen LogP contribution >= 0.6 is 11.8 Å². The van der Waals surface area contributed by atoms with Crippen LogP contribution in [0.5, 0.6) is 17.2 Å². The molecular formula is C20H22N4O4S. The van der Waals surface area contributed by atoms with Gasteiger partial charge < -0.3 is 24.1 Å². The number of carbonyl (C=O) groups is 1. The van der Waals surface area contributed by atoms with E-state index in [2.05, 4.69) is 15.5 Å². The van der Waals surface area contributed by atoms with Gasteiger partial charge >= 0.3 is 0 Å². The number of anilines is 1. The van der Waals surface area contributed by atoms with E-state index in [0.29, 0.717) is 33.9 Å². The van der Waals surface area contributed by atoms with Crippen LogP contribution in [-0.4, -0.2) is 40.6 Å². The second-order valence-corrected chi connectivity index (χ2v) is 6.91.